The molecule has 0 aliphatic rings. The highest BCUT2D eigenvalue weighted by Crippen LogP contribution is 2.31. The van der Waals surface area contributed by atoms with Gasteiger partial charge in [0.05, 0.1) is 23.2 Å². The molecule has 0 amide bonds. The number of rotatable bonds is 4. The van der Waals surface area contributed by atoms with E-state index in [1.165, 1.54) is 11.3 Å². The number of pyridine rings is 1. The number of aryl methyl sites for hydroxylation is 1. The van der Waals surface area contributed by atoms with Crippen LogP contribution >= 0.6 is 11.3 Å². The molecular weight excluding hydrogens is 349 g/mol. The first kappa shape index (κ1) is 17.1. The van der Waals surface area contributed by atoms with E-state index in [0.717, 1.165) is 29.6 Å². The van der Waals surface area contributed by atoms with Crippen molar-refractivity contribution in [1.29, 1.82) is 0 Å². The Morgan fingerprint density at radius 1 is 1.16 bits per heavy atom. The fraction of sp³-hybridized carbons (Fsp3) is 0.118. The van der Waals surface area contributed by atoms with Crippen LogP contribution in [0.15, 0.2) is 53.1 Å². The molecule has 0 saturated heterocycles. The number of nitrogens with zero attached hydrogens (tertiary/aromatic N) is 3. The summed E-state index contributed by atoms with van der Waals surface area (Å²) >= 11 is 1.45. The maximum Gasteiger partial charge on any atom is 0.416 e. The van der Waals surface area contributed by atoms with Gasteiger partial charge in [-0.25, -0.2) is 4.98 Å². The van der Waals surface area contributed by atoms with E-state index in [2.05, 4.69) is 20.5 Å². The Morgan fingerprint density at radius 3 is 2.56 bits per heavy atom. The van der Waals surface area contributed by atoms with E-state index >= 15 is 0 Å². The van der Waals surface area contributed by atoms with Crippen molar-refractivity contribution in [2.75, 3.05) is 5.43 Å². The molecule has 3 aromatic rings. The van der Waals surface area contributed by atoms with Crippen LogP contribution in [0.3, 0.4) is 0 Å². The van der Waals surface area contributed by atoms with E-state index in [-0.39, 0.29) is 5.69 Å². The zero-order valence-corrected chi connectivity index (χ0v) is 13.9. The van der Waals surface area contributed by atoms with Gasteiger partial charge in [0.1, 0.15) is 0 Å². The van der Waals surface area contributed by atoms with Gasteiger partial charge in [-0.05, 0) is 24.6 Å². The van der Waals surface area contributed by atoms with Crippen LogP contribution in [0.5, 0.6) is 0 Å². The highest BCUT2D eigenvalue weighted by Gasteiger charge is 2.30. The van der Waals surface area contributed by atoms with Crippen LogP contribution in [0.4, 0.5) is 18.3 Å². The van der Waals surface area contributed by atoms with Crippen molar-refractivity contribution in [1.82, 2.24) is 9.97 Å². The number of aromatic nitrogens is 2. The fourth-order valence-electron chi connectivity index (χ4n) is 2.07. The Balaban J connectivity index is 1.72. The third-order valence-electron chi connectivity index (χ3n) is 3.29. The van der Waals surface area contributed by atoms with E-state index in [4.69, 9.17) is 0 Å². The SMILES string of the molecule is Cc1csc(NN=Cc2ccc(-c3cc(C(F)(F)F)ccn3)cc2)n1. The molecule has 2 heterocycles. The summed E-state index contributed by atoms with van der Waals surface area (Å²) in [5.41, 5.74) is 4.70. The number of alkyl halides is 3. The van der Waals surface area contributed by atoms with Gasteiger partial charge in [-0.3, -0.25) is 10.4 Å². The molecule has 128 valence electrons. The molecule has 0 bridgehead atoms. The van der Waals surface area contributed by atoms with Crippen LogP contribution in [0.1, 0.15) is 16.8 Å². The summed E-state index contributed by atoms with van der Waals surface area (Å²) in [5, 5.41) is 6.69. The van der Waals surface area contributed by atoms with E-state index < -0.39 is 11.7 Å². The third-order valence-corrected chi connectivity index (χ3v) is 4.15. The summed E-state index contributed by atoms with van der Waals surface area (Å²) in [6, 6.07) is 8.92. The highest BCUT2D eigenvalue weighted by atomic mass is 32.1. The summed E-state index contributed by atoms with van der Waals surface area (Å²) in [6.07, 6.45) is -1.61. The summed E-state index contributed by atoms with van der Waals surface area (Å²) in [7, 11) is 0. The molecule has 0 aliphatic carbocycles. The van der Waals surface area contributed by atoms with Gasteiger partial charge in [0.25, 0.3) is 0 Å². The molecule has 0 aliphatic heterocycles. The van der Waals surface area contributed by atoms with Gasteiger partial charge in [0.15, 0.2) is 0 Å². The summed E-state index contributed by atoms with van der Waals surface area (Å²) < 4.78 is 38.3. The van der Waals surface area contributed by atoms with Crippen molar-refractivity contribution >= 4 is 22.7 Å². The van der Waals surface area contributed by atoms with Crippen molar-refractivity contribution in [3.63, 3.8) is 0 Å². The topological polar surface area (TPSA) is 50.2 Å². The number of hydrogen-bond acceptors (Lipinski definition) is 5. The van der Waals surface area contributed by atoms with Crippen LogP contribution in [-0.4, -0.2) is 16.2 Å². The number of nitrogens with one attached hydrogen (secondary N) is 1. The lowest BCUT2D eigenvalue weighted by Gasteiger charge is -2.08. The van der Waals surface area contributed by atoms with Crippen molar-refractivity contribution in [2.24, 2.45) is 5.10 Å². The second kappa shape index (κ2) is 7.02. The number of hydrogen-bond donors (Lipinski definition) is 1. The minimum atomic E-state index is -4.38. The smallest absolute Gasteiger partial charge is 0.256 e. The van der Waals surface area contributed by atoms with E-state index in [1.54, 1.807) is 30.5 Å². The molecule has 0 fully saturated rings. The maximum absolute atomic E-state index is 12.8. The van der Waals surface area contributed by atoms with Crippen LogP contribution in [0, 0.1) is 6.92 Å². The largest absolute Gasteiger partial charge is 0.416 e. The number of anilines is 1. The number of thiazole rings is 1. The zero-order chi connectivity index (χ0) is 17.9. The standard InChI is InChI=1S/C17H13F3N4S/c1-11-10-25-16(23-11)24-22-9-12-2-4-13(5-3-12)15-8-14(6-7-21-15)17(18,19)20/h2-10H,1H3,(H,23,24). The first-order chi connectivity index (χ1) is 11.9. The Bertz CT molecular complexity index is 885. The molecule has 1 aromatic carbocycles. The average molecular weight is 362 g/mol. The van der Waals surface area contributed by atoms with E-state index in [9.17, 15) is 13.2 Å². The number of benzene rings is 1. The minimum absolute atomic E-state index is 0.273. The van der Waals surface area contributed by atoms with Crippen molar-refractivity contribution in [3.05, 3.63) is 64.8 Å². The van der Waals surface area contributed by atoms with E-state index in [0.29, 0.717) is 10.7 Å². The van der Waals surface area contributed by atoms with Gasteiger partial charge in [0, 0.05) is 17.1 Å². The second-order valence-electron chi connectivity index (χ2n) is 5.21. The Morgan fingerprint density at radius 2 is 1.92 bits per heavy atom. The second-order valence-corrected chi connectivity index (χ2v) is 6.07. The lowest BCUT2D eigenvalue weighted by Crippen LogP contribution is -2.05. The average Bonchev–Trinajstić information content (AvgIpc) is 3.00. The van der Waals surface area contributed by atoms with Gasteiger partial charge in [-0.2, -0.15) is 18.3 Å². The summed E-state index contributed by atoms with van der Waals surface area (Å²) in [4.78, 5) is 8.22. The van der Waals surface area contributed by atoms with Crippen LogP contribution in [-0.2, 0) is 6.18 Å². The Hall–Kier alpha value is -2.74. The van der Waals surface area contributed by atoms with Gasteiger partial charge < -0.3 is 0 Å². The molecule has 0 unspecified atom stereocenters. The van der Waals surface area contributed by atoms with Crippen molar-refractivity contribution < 1.29 is 13.2 Å². The predicted octanol–water partition coefficient (Wildman–Crippen LogP) is 4.98. The van der Waals surface area contributed by atoms with Crippen molar-refractivity contribution in [3.8, 4) is 11.3 Å². The molecule has 8 heteroatoms. The Labute approximate surface area is 146 Å². The lowest BCUT2D eigenvalue weighted by atomic mass is 10.1. The third kappa shape index (κ3) is 4.42. The molecule has 0 saturated carbocycles. The molecule has 0 radical (unpaired) electrons. The lowest BCUT2D eigenvalue weighted by molar-refractivity contribution is -0.137. The molecule has 3 rings (SSSR count). The normalized spacial score (nSPS) is 11.8. The molecule has 1 N–H and O–H groups in total. The quantitative estimate of drug-likeness (QED) is 0.526. The van der Waals surface area contributed by atoms with Gasteiger partial charge in [0.2, 0.25) is 5.13 Å². The molecule has 0 atom stereocenters. The monoisotopic (exact) mass is 362 g/mol. The molecule has 4 nitrogen and oxygen atoms in total. The highest BCUT2D eigenvalue weighted by molar-refractivity contribution is 7.13. The summed E-state index contributed by atoms with van der Waals surface area (Å²) in [6.45, 7) is 1.89. The first-order valence-electron chi connectivity index (χ1n) is 7.27. The molecular formula is C17H13F3N4S. The molecule has 0 spiro atoms. The molecule has 2 aromatic heterocycles. The zero-order valence-electron chi connectivity index (χ0n) is 13.1. The van der Waals surface area contributed by atoms with Crippen LogP contribution in [0.2, 0.25) is 0 Å². The predicted molar refractivity (Wildman–Crippen MR) is 92.7 cm³/mol. The van der Waals surface area contributed by atoms with Crippen LogP contribution in [0.25, 0.3) is 11.3 Å². The van der Waals surface area contributed by atoms with Crippen molar-refractivity contribution in [2.45, 2.75) is 13.1 Å². The maximum atomic E-state index is 12.8. The number of hydrazone groups is 1. The van der Waals surface area contributed by atoms with Gasteiger partial charge >= 0.3 is 6.18 Å². The number of halogens is 3. The minimum Gasteiger partial charge on any atom is -0.256 e. The van der Waals surface area contributed by atoms with Crippen LogP contribution < -0.4 is 5.43 Å². The molecule has 25 heavy (non-hydrogen) atoms. The summed E-state index contributed by atoms with van der Waals surface area (Å²) in [5.74, 6) is 0. The van der Waals surface area contributed by atoms with E-state index in [1.807, 2.05) is 12.3 Å². The van der Waals surface area contributed by atoms with Gasteiger partial charge in [-0.1, -0.05) is 24.3 Å². The first-order valence-corrected chi connectivity index (χ1v) is 8.15. The Kier molecular flexibility index (Phi) is 4.80. The van der Waals surface area contributed by atoms with Gasteiger partial charge in [-0.15, -0.1) is 11.3 Å². The fourth-order valence-corrected chi connectivity index (χ4v) is 2.71.